The Morgan fingerprint density at radius 2 is 2.04 bits per heavy atom. The maximum atomic E-state index is 12.9. The maximum Gasteiger partial charge on any atom is 0.341 e. The molecule has 2 atom stereocenters. The van der Waals surface area contributed by atoms with Crippen LogP contribution in [-0.4, -0.2) is 29.6 Å². The van der Waals surface area contributed by atoms with Crippen LogP contribution in [0, 0.1) is 11.8 Å². The van der Waals surface area contributed by atoms with E-state index < -0.39 is 29.7 Å². The number of anilines is 1. The Labute approximate surface area is 166 Å². The van der Waals surface area contributed by atoms with Crippen LogP contribution in [0.2, 0.25) is 0 Å². The smallest absolute Gasteiger partial charge is 0.341 e. The molecule has 1 heterocycles. The molecule has 2 aliphatic rings. The molecule has 0 fully saturated rings. The van der Waals surface area contributed by atoms with Crippen LogP contribution in [0.15, 0.2) is 11.1 Å². The zero-order valence-corrected chi connectivity index (χ0v) is 16.6. The zero-order chi connectivity index (χ0) is 19.6. The van der Waals surface area contributed by atoms with Crippen molar-refractivity contribution in [2.24, 2.45) is 11.8 Å². The second kappa shape index (κ2) is 8.44. The number of amides is 1. The third-order valence-corrected chi connectivity index (χ3v) is 6.55. The SMILES string of the molecule is CCOC(=O)c1c(NC(=O)[C@@H]2CC(Cl)=CC[C@H]2C(=O)O)sc2c1CCCC2. The fourth-order valence-electron chi connectivity index (χ4n) is 3.68. The Hall–Kier alpha value is -1.86. The van der Waals surface area contributed by atoms with Crippen LogP contribution in [0.1, 0.15) is 53.4 Å². The van der Waals surface area contributed by atoms with Gasteiger partial charge in [0.05, 0.1) is 24.0 Å². The first-order chi connectivity index (χ1) is 12.9. The predicted molar refractivity (Wildman–Crippen MR) is 103 cm³/mol. The second-order valence-electron chi connectivity index (χ2n) is 6.77. The number of ether oxygens (including phenoxy) is 1. The monoisotopic (exact) mass is 411 g/mol. The summed E-state index contributed by atoms with van der Waals surface area (Å²) in [7, 11) is 0. The normalized spacial score (nSPS) is 21.8. The number of carbonyl (C=O) groups is 3. The first-order valence-electron chi connectivity index (χ1n) is 9.12. The molecule has 0 spiro atoms. The molecule has 6 nitrogen and oxygen atoms in total. The standard InChI is InChI=1S/C19H22ClNO5S/c1-2-26-19(25)15-12-5-3-4-6-14(12)27-17(15)21-16(22)13-9-10(20)7-8-11(13)18(23)24/h7,11,13H,2-6,8-9H2,1H3,(H,21,22)(H,23,24)/t11-,13-/m1/s1. The van der Waals surface area contributed by atoms with Gasteiger partial charge < -0.3 is 15.2 Å². The highest BCUT2D eigenvalue weighted by molar-refractivity contribution is 7.17. The molecule has 2 N–H and O–H groups in total. The molecule has 8 heteroatoms. The van der Waals surface area contributed by atoms with Gasteiger partial charge in [-0.25, -0.2) is 4.79 Å². The number of esters is 1. The van der Waals surface area contributed by atoms with Crippen LogP contribution >= 0.6 is 22.9 Å². The van der Waals surface area contributed by atoms with E-state index in [0.29, 0.717) is 15.6 Å². The van der Waals surface area contributed by atoms with Crippen LogP contribution < -0.4 is 5.32 Å². The number of halogens is 1. The Balaban J connectivity index is 1.89. The number of carbonyl (C=O) groups excluding carboxylic acids is 2. The molecule has 0 radical (unpaired) electrons. The van der Waals surface area contributed by atoms with E-state index in [0.717, 1.165) is 36.1 Å². The van der Waals surface area contributed by atoms with Gasteiger partial charge in [0.2, 0.25) is 5.91 Å². The van der Waals surface area contributed by atoms with Crippen molar-refractivity contribution in [1.29, 1.82) is 0 Å². The fourth-order valence-corrected chi connectivity index (χ4v) is 5.22. The summed E-state index contributed by atoms with van der Waals surface area (Å²) >= 11 is 7.44. The van der Waals surface area contributed by atoms with Gasteiger partial charge in [-0.2, -0.15) is 0 Å². The summed E-state index contributed by atoms with van der Waals surface area (Å²) in [6, 6.07) is 0. The van der Waals surface area contributed by atoms with Crippen molar-refractivity contribution in [3.63, 3.8) is 0 Å². The topological polar surface area (TPSA) is 92.7 Å². The molecule has 0 saturated heterocycles. The highest BCUT2D eigenvalue weighted by Gasteiger charge is 2.37. The number of rotatable bonds is 5. The van der Waals surface area contributed by atoms with Crippen LogP contribution in [0.4, 0.5) is 5.00 Å². The second-order valence-corrected chi connectivity index (χ2v) is 8.36. The van der Waals surface area contributed by atoms with Crippen LogP contribution in [-0.2, 0) is 27.2 Å². The van der Waals surface area contributed by atoms with Gasteiger partial charge in [-0.05, 0) is 51.0 Å². The van der Waals surface area contributed by atoms with Gasteiger partial charge >= 0.3 is 11.9 Å². The van der Waals surface area contributed by atoms with Crippen molar-refractivity contribution in [3.8, 4) is 0 Å². The summed E-state index contributed by atoms with van der Waals surface area (Å²) in [5.74, 6) is -3.48. The lowest BCUT2D eigenvalue weighted by molar-refractivity contribution is -0.146. The molecule has 0 saturated carbocycles. The lowest BCUT2D eigenvalue weighted by atomic mass is 9.82. The fraction of sp³-hybridized carbons (Fsp3) is 0.526. The number of aliphatic carboxylic acids is 1. The van der Waals surface area contributed by atoms with Crippen LogP contribution in [0.3, 0.4) is 0 Å². The minimum atomic E-state index is -1.02. The predicted octanol–water partition coefficient (Wildman–Crippen LogP) is 3.98. The van der Waals surface area contributed by atoms with Crippen molar-refractivity contribution >= 4 is 45.8 Å². The van der Waals surface area contributed by atoms with E-state index in [1.807, 2.05) is 0 Å². The summed E-state index contributed by atoms with van der Waals surface area (Å²) in [6.45, 7) is 1.99. The van der Waals surface area contributed by atoms with Gasteiger partial charge in [-0.15, -0.1) is 11.3 Å². The highest BCUT2D eigenvalue weighted by atomic mass is 35.5. The molecule has 2 aliphatic carbocycles. The number of nitrogens with one attached hydrogen (secondary N) is 1. The largest absolute Gasteiger partial charge is 0.481 e. The minimum absolute atomic E-state index is 0.185. The molecule has 1 aromatic heterocycles. The van der Waals surface area contributed by atoms with E-state index in [4.69, 9.17) is 16.3 Å². The molecular weight excluding hydrogens is 390 g/mol. The van der Waals surface area contributed by atoms with E-state index in [-0.39, 0.29) is 19.4 Å². The minimum Gasteiger partial charge on any atom is -0.481 e. The first-order valence-corrected chi connectivity index (χ1v) is 10.3. The van der Waals surface area contributed by atoms with E-state index >= 15 is 0 Å². The van der Waals surface area contributed by atoms with E-state index in [9.17, 15) is 19.5 Å². The van der Waals surface area contributed by atoms with Crippen molar-refractivity contribution in [1.82, 2.24) is 0 Å². The van der Waals surface area contributed by atoms with Crippen molar-refractivity contribution in [2.45, 2.75) is 45.4 Å². The third-order valence-electron chi connectivity index (χ3n) is 5.04. The van der Waals surface area contributed by atoms with E-state index in [1.54, 1.807) is 13.0 Å². The van der Waals surface area contributed by atoms with Crippen molar-refractivity contribution in [2.75, 3.05) is 11.9 Å². The first kappa shape index (κ1) is 19.9. The Bertz CT molecular complexity index is 800. The van der Waals surface area contributed by atoms with E-state index in [2.05, 4.69) is 5.32 Å². The van der Waals surface area contributed by atoms with Gasteiger partial charge in [0.15, 0.2) is 0 Å². The van der Waals surface area contributed by atoms with Crippen molar-refractivity contribution in [3.05, 3.63) is 27.1 Å². The molecule has 0 unspecified atom stereocenters. The molecule has 146 valence electrons. The molecule has 3 rings (SSSR count). The lowest BCUT2D eigenvalue weighted by Gasteiger charge is -2.25. The Morgan fingerprint density at radius 1 is 1.30 bits per heavy atom. The molecule has 0 bridgehead atoms. The molecule has 0 aliphatic heterocycles. The molecule has 1 amide bonds. The van der Waals surface area contributed by atoms with Crippen LogP contribution in [0.5, 0.6) is 0 Å². The number of fused-ring (bicyclic) bond motifs is 1. The molecular formula is C19H22ClNO5S. The number of allylic oxidation sites excluding steroid dienone is 2. The number of carboxylic acids is 1. The molecule has 1 aromatic rings. The highest BCUT2D eigenvalue weighted by Crippen LogP contribution is 2.40. The van der Waals surface area contributed by atoms with Gasteiger partial charge in [-0.1, -0.05) is 17.7 Å². The van der Waals surface area contributed by atoms with Crippen molar-refractivity contribution < 1.29 is 24.2 Å². The number of hydrogen-bond donors (Lipinski definition) is 2. The van der Waals surface area contributed by atoms with Gasteiger partial charge in [-0.3, -0.25) is 9.59 Å². The van der Waals surface area contributed by atoms with Gasteiger partial charge in [0.25, 0.3) is 0 Å². The molecule has 0 aromatic carbocycles. The Morgan fingerprint density at radius 3 is 2.74 bits per heavy atom. The number of thiophene rings is 1. The third kappa shape index (κ3) is 4.19. The summed E-state index contributed by atoms with van der Waals surface area (Å²) in [5, 5.41) is 13.2. The maximum absolute atomic E-state index is 12.9. The van der Waals surface area contributed by atoms with E-state index in [1.165, 1.54) is 11.3 Å². The summed E-state index contributed by atoms with van der Waals surface area (Å²) < 4.78 is 5.19. The average molecular weight is 412 g/mol. The summed E-state index contributed by atoms with van der Waals surface area (Å²) in [4.78, 5) is 38.0. The quantitative estimate of drug-likeness (QED) is 0.715. The number of hydrogen-bond acceptors (Lipinski definition) is 5. The molecule has 27 heavy (non-hydrogen) atoms. The summed E-state index contributed by atoms with van der Waals surface area (Å²) in [6.07, 6.45) is 5.75. The number of carboxylic acid groups (broad SMARTS) is 1. The average Bonchev–Trinajstić information content (AvgIpc) is 2.99. The van der Waals surface area contributed by atoms with Crippen LogP contribution in [0.25, 0.3) is 0 Å². The Kier molecular flexibility index (Phi) is 6.22. The summed E-state index contributed by atoms with van der Waals surface area (Å²) in [5.41, 5.74) is 1.38. The zero-order valence-electron chi connectivity index (χ0n) is 15.0. The lowest BCUT2D eigenvalue weighted by Crippen LogP contribution is -2.35. The number of aryl methyl sites for hydroxylation is 1. The van der Waals surface area contributed by atoms with Gasteiger partial charge in [0.1, 0.15) is 5.00 Å². The van der Waals surface area contributed by atoms with Gasteiger partial charge in [0, 0.05) is 9.91 Å².